The number of fused-ring (bicyclic) bond motifs is 1. The Morgan fingerprint density at radius 3 is 2.46 bits per heavy atom. The average Bonchev–Trinajstić information content (AvgIpc) is 2.97. The molecule has 0 fully saturated rings. The lowest BCUT2D eigenvalue weighted by Crippen LogP contribution is -2.22. The number of nitrogens with zero attached hydrogens (tertiary/aromatic N) is 2. The lowest BCUT2D eigenvalue weighted by Gasteiger charge is -2.07. The fourth-order valence-corrected chi connectivity index (χ4v) is 5.01. The van der Waals surface area contributed by atoms with Gasteiger partial charge in [0.1, 0.15) is 6.54 Å². The highest BCUT2D eigenvalue weighted by Crippen LogP contribution is 2.24. The Labute approximate surface area is 168 Å². The number of methoxy groups -OCH3 is 1. The first-order chi connectivity index (χ1) is 13.2. The fraction of sp³-hybridized carbons (Fsp3) is 0.300. The summed E-state index contributed by atoms with van der Waals surface area (Å²) in [6.07, 6.45) is 0. The molecule has 0 aliphatic heterocycles. The minimum absolute atomic E-state index is 0.111. The maximum Gasteiger partial charge on any atom is 0.325 e. The van der Waals surface area contributed by atoms with E-state index in [0.717, 1.165) is 21.3 Å². The highest BCUT2D eigenvalue weighted by Gasteiger charge is 2.17. The van der Waals surface area contributed by atoms with E-state index in [1.807, 2.05) is 25.1 Å². The van der Waals surface area contributed by atoms with Gasteiger partial charge < -0.3 is 9.30 Å². The molecular formula is C20H22N2O4S2. The van der Waals surface area contributed by atoms with Crippen molar-refractivity contribution >= 4 is 37.5 Å². The maximum absolute atomic E-state index is 12.8. The largest absolute Gasteiger partial charge is 0.468 e. The van der Waals surface area contributed by atoms with Crippen LogP contribution in [0.25, 0.3) is 10.2 Å². The third-order valence-electron chi connectivity index (χ3n) is 4.41. The van der Waals surface area contributed by atoms with Gasteiger partial charge in [-0.15, -0.1) is 4.40 Å². The number of sulfonamides is 1. The number of hydrogen-bond donors (Lipinski definition) is 0. The number of esters is 1. The third kappa shape index (κ3) is 4.18. The van der Waals surface area contributed by atoms with Crippen LogP contribution < -0.4 is 4.80 Å². The van der Waals surface area contributed by atoms with E-state index < -0.39 is 16.0 Å². The summed E-state index contributed by atoms with van der Waals surface area (Å²) in [7, 11) is -2.61. The normalized spacial score (nSPS) is 12.7. The van der Waals surface area contributed by atoms with E-state index in [0.29, 0.717) is 5.92 Å². The average molecular weight is 419 g/mol. The number of aromatic nitrogens is 1. The van der Waals surface area contributed by atoms with E-state index in [2.05, 4.69) is 18.2 Å². The zero-order chi connectivity index (χ0) is 20.5. The Balaban J connectivity index is 2.22. The van der Waals surface area contributed by atoms with E-state index in [1.54, 1.807) is 16.7 Å². The van der Waals surface area contributed by atoms with Crippen molar-refractivity contribution in [3.05, 3.63) is 58.4 Å². The first kappa shape index (κ1) is 20.3. The molecule has 0 aliphatic rings. The van der Waals surface area contributed by atoms with Gasteiger partial charge in [0.15, 0.2) is 0 Å². The van der Waals surface area contributed by atoms with Crippen LogP contribution in [0.3, 0.4) is 0 Å². The SMILES string of the molecule is COC(=O)Cn1/c(=N/S(=O)(=O)c2ccc(C)cc2)sc2cc(C(C)C)ccc21. The van der Waals surface area contributed by atoms with E-state index >= 15 is 0 Å². The molecule has 0 saturated carbocycles. The molecular weight excluding hydrogens is 396 g/mol. The summed E-state index contributed by atoms with van der Waals surface area (Å²) in [4.78, 5) is 12.2. The van der Waals surface area contributed by atoms with Gasteiger partial charge in [0.2, 0.25) is 4.80 Å². The number of benzene rings is 2. The minimum atomic E-state index is -3.91. The van der Waals surface area contributed by atoms with Crippen molar-refractivity contribution in [1.29, 1.82) is 0 Å². The zero-order valence-corrected chi connectivity index (χ0v) is 17.8. The molecule has 2 aromatic carbocycles. The molecule has 0 bridgehead atoms. The monoisotopic (exact) mass is 418 g/mol. The van der Waals surface area contributed by atoms with Gasteiger partial charge in [0, 0.05) is 0 Å². The summed E-state index contributed by atoms with van der Waals surface area (Å²) in [6, 6.07) is 12.4. The molecule has 0 radical (unpaired) electrons. The summed E-state index contributed by atoms with van der Waals surface area (Å²) in [6.45, 7) is 5.95. The van der Waals surface area contributed by atoms with Gasteiger partial charge in [-0.05, 0) is 42.7 Å². The molecule has 3 aromatic rings. The van der Waals surface area contributed by atoms with E-state index in [1.165, 1.54) is 30.6 Å². The van der Waals surface area contributed by atoms with Crippen molar-refractivity contribution in [2.75, 3.05) is 7.11 Å². The molecule has 0 atom stereocenters. The highest BCUT2D eigenvalue weighted by atomic mass is 32.2. The minimum Gasteiger partial charge on any atom is -0.468 e. The second kappa shape index (κ2) is 7.89. The molecule has 0 aliphatic carbocycles. The molecule has 0 N–H and O–H groups in total. The smallest absolute Gasteiger partial charge is 0.325 e. The second-order valence-electron chi connectivity index (χ2n) is 6.81. The second-order valence-corrected chi connectivity index (χ2v) is 9.42. The molecule has 1 aromatic heterocycles. The summed E-state index contributed by atoms with van der Waals surface area (Å²) in [5, 5.41) is 0. The molecule has 3 rings (SSSR count). The standard InChI is InChI=1S/C20H22N2O4S2/c1-13(2)15-7-10-17-18(11-15)27-20(22(17)12-19(23)26-4)21-28(24,25)16-8-5-14(3)6-9-16/h5-11,13H,12H2,1-4H3/b21-20-. The molecule has 0 amide bonds. The third-order valence-corrected chi connectivity index (χ3v) is 6.84. The first-order valence-corrected chi connectivity index (χ1v) is 11.0. The molecule has 0 unspecified atom stereocenters. The lowest BCUT2D eigenvalue weighted by atomic mass is 10.0. The van der Waals surface area contributed by atoms with Crippen LogP contribution in [-0.4, -0.2) is 26.1 Å². The molecule has 6 nitrogen and oxygen atoms in total. The number of carbonyl (C=O) groups excluding carboxylic acids is 1. The number of aryl methyl sites for hydroxylation is 1. The number of ether oxygens (including phenoxy) is 1. The predicted octanol–water partition coefficient (Wildman–Crippen LogP) is 3.60. The first-order valence-electron chi connectivity index (χ1n) is 8.79. The Hall–Kier alpha value is -2.45. The summed E-state index contributed by atoms with van der Waals surface area (Å²) in [5.74, 6) is -0.140. The van der Waals surface area contributed by atoms with E-state index in [-0.39, 0.29) is 16.2 Å². The van der Waals surface area contributed by atoms with Crippen LogP contribution in [0.4, 0.5) is 0 Å². The molecule has 28 heavy (non-hydrogen) atoms. The molecule has 1 heterocycles. The van der Waals surface area contributed by atoms with Crippen molar-refractivity contribution in [3.63, 3.8) is 0 Å². The summed E-state index contributed by atoms with van der Waals surface area (Å²) in [5.41, 5.74) is 2.84. The lowest BCUT2D eigenvalue weighted by molar-refractivity contribution is -0.141. The Kier molecular flexibility index (Phi) is 5.71. The van der Waals surface area contributed by atoms with Gasteiger partial charge >= 0.3 is 5.97 Å². The number of carbonyl (C=O) groups is 1. The van der Waals surface area contributed by atoms with Gasteiger partial charge in [-0.25, -0.2) is 0 Å². The van der Waals surface area contributed by atoms with E-state index in [9.17, 15) is 13.2 Å². The Morgan fingerprint density at radius 2 is 1.86 bits per heavy atom. The van der Waals surface area contributed by atoms with Crippen molar-refractivity contribution in [2.45, 2.75) is 38.1 Å². The van der Waals surface area contributed by atoms with Gasteiger partial charge in [-0.2, -0.15) is 8.42 Å². The van der Waals surface area contributed by atoms with Crippen LogP contribution >= 0.6 is 11.3 Å². The van der Waals surface area contributed by atoms with Crippen molar-refractivity contribution in [2.24, 2.45) is 4.40 Å². The predicted molar refractivity (Wildman–Crippen MR) is 110 cm³/mol. The number of thiazole rings is 1. The van der Waals surface area contributed by atoms with Gasteiger partial charge in [0.05, 0.1) is 22.2 Å². The van der Waals surface area contributed by atoms with Gasteiger partial charge in [-0.3, -0.25) is 4.79 Å². The molecule has 8 heteroatoms. The highest BCUT2D eigenvalue weighted by molar-refractivity contribution is 7.90. The van der Waals surface area contributed by atoms with Crippen LogP contribution in [0.15, 0.2) is 51.8 Å². The number of hydrogen-bond acceptors (Lipinski definition) is 5. The van der Waals surface area contributed by atoms with Crippen molar-refractivity contribution in [1.82, 2.24) is 4.57 Å². The van der Waals surface area contributed by atoms with E-state index in [4.69, 9.17) is 4.74 Å². The van der Waals surface area contributed by atoms with Crippen LogP contribution in [0.5, 0.6) is 0 Å². The van der Waals surface area contributed by atoms with Crippen LogP contribution in [-0.2, 0) is 26.1 Å². The molecule has 0 saturated heterocycles. The fourth-order valence-electron chi connectivity index (χ4n) is 2.73. The summed E-state index contributed by atoms with van der Waals surface area (Å²) < 4.78 is 36.8. The Morgan fingerprint density at radius 1 is 1.18 bits per heavy atom. The Bertz CT molecular complexity index is 1190. The molecule has 0 spiro atoms. The van der Waals surface area contributed by atoms with Crippen LogP contribution in [0.2, 0.25) is 0 Å². The number of rotatable bonds is 5. The van der Waals surface area contributed by atoms with Crippen LogP contribution in [0.1, 0.15) is 30.9 Å². The quantitative estimate of drug-likeness (QED) is 0.593. The van der Waals surface area contributed by atoms with Gasteiger partial charge in [-0.1, -0.05) is 48.9 Å². The van der Waals surface area contributed by atoms with Gasteiger partial charge in [0.25, 0.3) is 10.0 Å². The molecule has 148 valence electrons. The zero-order valence-electron chi connectivity index (χ0n) is 16.2. The van der Waals surface area contributed by atoms with Crippen LogP contribution in [0, 0.1) is 6.92 Å². The van der Waals surface area contributed by atoms with Crippen molar-refractivity contribution < 1.29 is 17.9 Å². The van der Waals surface area contributed by atoms with Crippen molar-refractivity contribution in [3.8, 4) is 0 Å². The topological polar surface area (TPSA) is 77.7 Å². The maximum atomic E-state index is 12.8. The summed E-state index contributed by atoms with van der Waals surface area (Å²) >= 11 is 1.24.